The zero-order chi connectivity index (χ0) is 15.1. The topological polar surface area (TPSA) is 51.3 Å². The molecule has 1 amide bonds. The van der Waals surface area contributed by atoms with Crippen LogP contribution in [-0.2, 0) is 0 Å². The summed E-state index contributed by atoms with van der Waals surface area (Å²) in [4.78, 5) is 18.9. The number of hydrogen-bond acceptors (Lipinski definition) is 3. The Morgan fingerprint density at radius 2 is 2.05 bits per heavy atom. The number of furan rings is 1. The Kier molecular flexibility index (Phi) is 3.28. The van der Waals surface area contributed by atoms with Crippen molar-refractivity contribution in [3.63, 3.8) is 0 Å². The number of hydrogen-bond donors (Lipinski definition) is 0. The van der Waals surface area contributed by atoms with Crippen molar-refractivity contribution in [2.75, 3.05) is 13.1 Å². The van der Waals surface area contributed by atoms with Crippen LogP contribution in [0.1, 0.15) is 59.5 Å². The molecule has 0 N–H and O–H groups in total. The van der Waals surface area contributed by atoms with Gasteiger partial charge in [0, 0.05) is 36.9 Å². The van der Waals surface area contributed by atoms with Crippen LogP contribution in [0.4, 0.5) is 0 Å². The van der Waals surface area contributed by atoms with Gasteiger partial charge in [-0.05, 0) is 38.7 Å². The highest BCUT2D eigenvalue weighted by molar-refractivity contribution is 5.93. The number of amides is 1. The van der Waals surface area contributed by atoms with Gasteiger partial charge in [0.05, 0.1) is 11.8 Å². The SMILES string of the molecule is Cc1cnc(C2CC2)n1C1CCN(C(=O)c2ccoc2)CC1. The zero-order valence-corrected chi connectivity index (χ0v) is 12.9. The Balaban J connectivity index is 1.46. The molecule has 0 unspecified atom stereocenters. The van der Waals surface area contributed by atoms with Crippen molar-refractivity contribution in [1.29, 1.82) is 0 Å². The van der Waals surface area contributed by atoms with Crippen molar-refractivity contribution in [3.05, 3.63) is 41.9 Å². The van der Waals surface area contributed by atoms with Crippen LogP contribution in [0.15, 0.2) is 29.2 Å². The molecule has 1 saturated heterocycles. The summed E-state index contributed by atoms with van der Waals surface area (Å²) in [6.07, 6.45) is 9.62. The molecule has 5 nitrogen and oxygen atoms in total. The molecule has 5 heteroatoms. The third kappa shape index (κ3) is 2.34. The fourth-order valence-electron chi connectivity index (χ4n) is 3.48. The van der Waals surface area contributed by atoms with Gasteiger partial charge in [0.2, 0.25) is 0 Å². The Hall–Kier alpha value is -2.04. The van der Waals surface area contributed by atoms with E-state index in [1.807, 2.05) is 11.1 Å². The number of likely N-dealkylation sites (tertiary alicyclic amines) is 1. The van der Waals surface area contributed by atoms with E-state index >= 15 is 0 Å². The van der Waals surface area contributed by atoms with Crippen LogP contribution in [0.3, 0.4) is 0 Å². The predicted octanol–water partition coefficient (Wildman–Crippen LogP) is 3.14. The molecule has 2 aromatic rings. The lowest BCUT2D eigenvalue weighted by Gasteiger charge is -2.33. The highest BCUT2D eigenvalue weighted by atomic mass is 16.3. The van der Waals surface area contributed by atoms with Gasteiger partial charge in [0.25, 0.3) is 5.91 Å². The van der Waals surface area contributed by atoms with E-state index in [0.717, 1.165) is 25.9 Å². The van der Waals surface area contributed by atoms with E-state index in [9.17, 15) is 4.79 Å². The van der Waals surface area contributed by atoms with Gasteiger partial charge in [-0.1, -0.05) is 0 Å². The molecule has 3 heterocycles. The molecule has 1 saturated carbocycles. The summed E-state index contributed by atoms with van der Waals surface area (Å²) >= 11 is 0. The summed E-state index contributed by atoms with van der Waals surface area (Å²) in [6.45, 7) is 3.74. The van der Waals surface area contributed by atoms with E-state index in [0.29, 0.717) is 17.5 Å². The second kappa shape index (κ2) is 5.30. The van der Waals surface area contributed by atoms with Crippen molar-refractivity contribution in [1.82, 2.24) is 14.5 Å². The second-order valence-electron chi connectivity index (χ2n) is 6.44. The first-order valence-corrected chi connectivity index (χ1v) is 8.09. The molecule has 2 fully saturated rings. The Morgan fingerprint density at radius 3 is 2.68 bits per heavy atom. The van der Waals surface area contributed by atoms with Crippen molar-refractivity contribution in [2.24, 2.45) is 0 Å². The van der Waals surface area contributed by atoms with E-state index in [1.54, 1.807) is 12.3 Å². The van der Waals surface area contributed by atoms with Crippen molar-refractivity contribution in [3.8, 4) is 0 Å². The van der Waals surface area contributed by atoms with E-state index in [-0.39, 0.29) is 5.91 Å². The summed E-state index contributed by atoms with van der Waals surface area (Å²) in [6, 6.07) is 2.21. The summed E-state index contributed by atoms with van der Waals surface area (Å²) in [5.74, 6) is 2.01. The number of aromatic nitrogens is 2. The Labute approximate surface area is 129 Å². The van der Waals surface area contributed by atoms with Gasteiger partial charge >= 0.3 is 0 Å². The first kappa shape index (κ1) is 13.6. The Bertz CT molecular complexity index is 662. The summed E-state index contributed by atoms with van der Waals surface area (Å²) in [7, 11) is 0. The fourth-order valence-corrected chi connectivity index (χ4v) is 3.48. The van der Waals surface area contributed by atoms with Gasteiger partial charge in [-0.25, -0.2) is 4.98 Å². The van der Waals surface area contributed by atoms with Crippen LogP contribution in [0.2, 0.25) is 0 Å². The van der Waals surface area contributed by atoms with Gasteiger partial charge in [-0.3, -0.25) is 4.79 Å². The number of imidazole rings is 1. The molecule has 2 aliphatic rings. The average Bonchev–Trinajstić information content (AvgIpc) is 3.09. The molecule has 4 rings (SSSR count). The highest BCUT2D eigenvalue weighted by Gasteiger charge is 2.32. The third-order valence-electron chi connectivity index (χ3n) is 4.84. The van der Waals surface area contributed by atoms with Gasteiger partial charge in [0.15, 0.2) is 0 Å². The third-order valence-corrected chi connectivity index (χ3v) is 4.84. The number of carbonyl (C=O) groups excluding carboxylic acids is 1. The van der Waals surface area contributed by atoms with E-state index in [4.69, 9.17) is 4.42 Å². The van der Waals surface area contributed by atoms with E-state index in [1.165, 1.54) is 30.6 Å². The molecule has 1 aliphatic heterocycles. The monoisotopic (exact) mass is 299 g/mol. The van der Waals surface area contributed by atoms with Gasteiger partial charge < -0.3 is 13.9 Å². The molecule has 22 heavy (non-hydrogen) atoms. The molecular formula is C17H21N3O2. The molecule has 0 spiro atoms. The summed E-state index contributed by atoms with van der Waals surface area (Å²) < 4.78 is 7.44. The quantitative estimate of drug-likeness (QED) is 0.875. The average molecular weight is 299 g/mol. The molecular weight excluding hydrogens is 278 g/mol. The van der Waals surface area contributed by atoms with Gasteiger partial charge in [-0.15, -0.1) is 0 Å². The van der Waals surface area contributed by atoms with Crippen LogP contribution < -0.4 is 0 Å². The maximum Gasteiger partial charge on any atom is 0.257 e. The lowest BCUT2D eigenvalue weighted by Crippen LogP contribution is -2.39. The zero-order valence-electron chi connectivity index (χ0n) is 12.9. The maximum absolute atomic E-state index is 12.4. The first-order valence-electron chi connectivity index (χ1n) is 8.09. The van der Waals surface area contributed by atoms with Gasteiger partial charge in [-0.2, -0.15) is 0 Å². The maximum atomic E-state index is 12.4. The number of nitrogens with zero attached hydrogens (tertiary/aromatic N) is 3. The van der Waals surface area contributed by atoms with Gasteiger partial charge in [0.1, 0.15) is 12.1 Å². The van der Waals surface area contributed by atoms with Crippen molar-refractivity contribution < 1.29 is 9.21 Å². The summed E-state index contributed by atoms with van der Waals surface area (Å²) in [5.41, 5.74) is 1.90. The lowest BCUT2D eigenvalue weighted by molar-refractivity contribution is 0.0692. The molecule has 2 aromatic heterocycles. The normalized spacial score (nSPS) is 19.6. The molecule has 0 atom stereocenters. The predicted molar refractivity (Wildman–Crippen MR) is 81.8 cm³/mol. The first-order chi connectivity index (χ1) is 10.7. The minimum atomic E-state index is 0.0805. The van der Waals surface area contributed by atoms with Crippen molar-refractivity contribution >= 4 is 5.91 Å². The Morgan fingerprint density at radius 1 is 1.27 bits per heavy atom. The molecule has 0 bridgehead atoms. The number of piperidine rings is 1. The second-order valence-corrected chi connectivity index (χ2v) is 6.44. The van der Waals surface area contributed by atoms with Crippen LogP contribution in [0.5, 0.6) is 0 Å². The van der Waals surface area contributed by atoms with Crippen LogP contribution in [0, 0.1) is 6.92 Å². The number of rotatable bonds is 3. The van der Waals surface area contributed by atoms with Crippen LogP contribution in [-0.4, -0.2) is 33.4 Å². The van der Waals surface area contributed by atoms with E-state index in [2.05, 4.69) is 16.5 Å². The minimum Gasteiger partial charge on any atom is -0.472 e. The number of carbonyl (C=O) groups is 1. The molecule has 1 aliphatic carbocycles. The van der Waals surface area contributed by atoms with Crippen LogP contribution >= 0.6 is 0 Å². The van der Waals surface area contributed by atoms with Crippen molar-refractivity contribution in [2.45, 2.75) is 44.6 Å². The molecule has 116 valence electrons. The van der Waals surface area contributed by atoms with Crippen LogP contribution in [0.25, 0.3) is 0 Å². The lowest BCUT2D eigenvalue weighted by atomic mass is 10.0. The smallest absolute Gasteiger partial charge is 0.257 e. The fraction of sp³-hybridized carbons (Fsp3) is 0.529. The highest BCUT2D eigenvalue weighted by Crippen LogP contribution is 2.41. The summed E-state index contributed by atoms with van der Waals surface area (Å²) in [5, 5.41) is 0. The molecule has 0 radical (unpaired) electrons. The molecule has 0 aromatic carbocycles. The number of aryl methyl sites for hydroxylation is 1. The standard InChI is InChI=1S/C17H21N3O2/c1-12-10-18-16(13-2-3-13)20(12)15-4-7-19(8-5-15)17(21)14-6-9-22-11-14/h6,9-11,13,15H,2-5,7-8H2,1H3. The van der Waals surface area contributed by atoms with E-state index < -0.39 is 0 Å². The minimum absolute atomic E-state index is 0.0805. The largest absolute Gasteiger partial charge is 0.472 e.